The molecule has 0 saturated heterocycles. The van der Waals surface area contributed by atoms with Crippen LogP contribution in [-0.2, 0) is 6.54 Å². The zero-order valence-corrected chi connectivity index (χ0v) is 8.70. The van der Waals surface area contributed by atoms with Crippen molar-refractivity contribution in [3.05, 3.63) is 18.2 Å². The fourth-order valence-electron chi connectivity index (χ4n) is 1.37. The van der Waals surface area contributed by atoms with E-state index in [0.717, 1.165) is 25.3 Å². The highest BCUT2D eigenvalue weighted by Crippen LogP contribution is 1.99. The topological polar surface area (TPSA) is 53.6 Å². The summed E-state index contributed by atoms with van der Waals surface area (Å²) in [4.78, 5) is 4.13. The number of nitriles is 1. The molecule has 0 bridgehead atoms. The molecule has 0 saturated carbocycles. The van der Waals surface area contributed by atoms with Gasteiger partial charge >= 0.3 is 0 Å². The largest absolute Gasteiger partial charge is 0.335 e. The van der Waals surface area contributed by atoms with Crippen molar-refractivity contribution in [1.29, 1.82) is 5.26 Å². The lowest BCUT2D eigenvalue weighted by Gasteiger charge is -2.10. The summed E-state index contributed by atoms with van der Waals surface area (Å²) < 4.78 is 2.06. The van der Waals surface area contributed by atoms with Crippen LogP contribution in [0.4, 0.5) is 0 Å². The Morgan fingerprint density at radius 1 is 1.71 bits per heavy atom. The lowest BCUT2D eigenvalue weighted by Crippen LogP contribution is -2.28. The zero-order chi connectivity index (χ0) is 10.4. The second-order valence-corrected chi connectivity index (χ2v) is 3.20. The van der Waals surface area contributed by atoms with E-state index in [1.165, 1.54) is 0 Å². The number of imidazole rings is 1. The molecular formula is C10H16N4. The Labute approximate surface area is 84.6 Å². The van der Waals surface area contributed by atoms with Crippen molar-refractivity contribution in [2.24, 2.45) is 0 Å². The van der Waals surface area contributed by atoms with E-state index >= 15 is 0 Å². The molecule has 1 rings (SSSR count). The molecule has 1 atom stereocenters. The second-order valence-electron chi connectivity index (χ2n) is 3.20. The van der Waals surface area contributed by atoms with Crippen LogP contribution in [0.1, 0.15) is 19.2 Å². The van der Waals surface area contributed by atoms with Gasteiger partial charge in [0.2, 0.25) is 0 Å². The van der Waals surface area contributed by atoms with Gasteiger partial charge in [-0.1, -0.05) is 6.92 Å². The SMILES string of the molecule is CCNC(C#N)CCn1ccnc1C. The van der Waals surface area contributed by atoms with Crippen LogP contribution in [0.2, 0.25) is 0 Å². The van der Waals surface area contributed by atoms with Gasteiger partial charge in [0.1, 0.15) is 5.82 Å². The Hall–Kier alpha value is -1.34. The molecule has 0 spiro atoms. The Balaban J connectivity index is 2.40. The number of aromatic nitrogens is 2. The number of nitrogens with one attached hydrogen (secondary N) is 1. The summed E-state index contributed by atoms with van der Waals surface area (Å²) in [5, 5.41) is 11.9. The first-order chi connectivity index (χ1) is 6.77. The van der Waals surface area contributed by atoms with Gasteiger partial charge in [0.05, 0.1) is 12.1 Å². The summed E-state index contributed by atoms with van der Waals surface area (Å²) in [5.74, 6) is 0.998. The molecule has 1 N–H and O–H groups in total. The number of aryl methyl sites for hydroxylation is 2. The first-order valence-electron chi connectivity index (χ1n) is 4.88. The molecule has 1 unspecified atom stereocenters. The third kappa shape index (κ3) is 2.86. The molecule has 14 heavy (non-hydrogen) atoms. The average molecular weight is 192 g/mol. The maximum absolute atomic E-state index is 8.82. The van der Waals surface area contributed by atoms with Crippen molar-refractivity contribution in [3.8, 4) is 6.07 Å². The van der Waals surface area contributed by atoms with E-state index in [9.17, 15) is 0 Å². The fraction of sp³-hybridized carbons (Fsp3) is 0.600. The highest BCUT2D eigenvalue weighted by Gasteiger charge is 2.05. The minimum Gasteiger partial charge on any atom is -0.335 e. The molecule has 0 aliphatic rings. The summed E-state index contributed by atoms with van der Waals surface area (Å²) in [7, 11) is 0. The highest BCUT2D eigenvalue weighted by atomic mass is 15.1. The van der Waals surface area contributed by atoms with Crippen molar-refractivity contribution in [3.63, 3.8) is 0 Å². The Bertz CT molecular complexity index is 310. The van der Waals surface area contributed by atoms with Crippen LogP contribution in [0.3, 0.4) is 0 Å². The summed E-state index contributed by atoms with van der Waals surface area (Å²) in [5.41, 5.74) is 0. The molecule has 1 aromatic heterocycles. The predicted octanol–water partition coefficient (Wildman–Crippen LogP) is 1.08. The van der Waals surface area contributed by atoms with Gasteiger partial charge < -0.3 is 9.88 Å². The first-order valence-corrected chi connectivity index (χ1v) is 4.88. The molecule has 0 radical (unpaired) electrons. The van der Waals surface area contributed by atoms with Gasteiger partial charge in [-0.15, -0.1) is 0 Å². The zero-order valence-electron chi connectivity index (χ0n) is 8.70. The monoisotopic (exact) mass is 192 g/mol. The van der Waals surface area contributed by atoms with Crippen molar-refractivity contribution in [1.82, 2.24) is 14.9 Å². The second kappa shape index (κ2) is 5.40. The van der Waals surface area contributed by atoms with Crippen LogP contribution >= 0.6 is 0 Å². The normalized spacial score (nSPS) is 12.4. The number of rotatable bonds is 5. The van der Waals surface area contributed by atoms with Crippen LogP contribution in [0.25, 0.3) is 0 Å². The minimum atomic E-state index is -0.0539. The Morgan fingerprint density at radius 3 is 3.00 bits per heavy atom. The van der Waals surface area contributed by atoms with E-state index < -0.39 is 0 Å². The molecule has 4 nitrogen and oxygen atoms in total. The Morgan fingerprint density at radius 2 is 2.50 bits per heavy atom. The fourth-order valence-corrected chi connectivity index (χ4v) is 1.37. The van der Waals surface area contributed by atoms with E-state index in [1.807, 2.05) is 20.0 Å². The smallest absolute Gasteiger partial charge is 0.105 e. The van der Waals surface area contributed by atoms with Crippen LogP contribution < -0.4 is 5.32 Å². The van der Waals surface area contributed by atoms with E-state index in [0.29, 0.717) is 0 Å². The van der Waals surface area contributed by atoms with E-state index in [2.05, 4.69) is 20.9 Å². The van der Waals surface area contributed by atoms with E-state index in [-0.39, 0.29) is 6.04 Å². The first kappa shape index (κ1) is 10.7. The summed E-state index contributed by atoms with van der Waals surface area (Å²) in [6.45, 7) is 5.65. The number of hydrogen-bond donors (Lipinski definition) is 1. The standard InChI is InChI=1S/C10H16N4/c1-3-12-10(8-11)4-6-14-7-5-13-9(14)2/h5,7,10,12H,3-4,6H2,1-2H3. The molecule has 0 aliphatic heterocycles. The van der Waals surface area contributed by atoms with Gasteiger partial charge in [0.25, 0.3) is 0 Å². The van der Waals surface area contributed by atoms with E-state index in [4.69, 9.17) is 5.26 Å². The van der Waals surface area contributed by atoms with Gasteiger partial charge in [-0.3, -0.25) is 0 Å². The lowest BCUT2D eigenvalue weighted by atomic mass is 10.2. The number of nitrogens with zero attached hydrogens (tertiary/aromatic N) is 3. The van der Waals surface area contributed by atoms with E-state index in [1.54, 1.807) is 6.20 Å². The van der Waals surface area contributed by atoms with Crippen LogP contribution in [0.5, 0.6) is 0 Å². The molecular weight excluding hydrogens is 176 g/mol. The van der Waals surface area contributed by atoms with Gasteiger partial charge in [-0.2, -0.15) is 5.26 Å². The molecule has 1 aromatic rings. The summed E-state index contributed by atoms with van der Waals surface area (Å²) in [6, 6.07) is 2.19. The molecule has 4 heteroatoms. The lowest BCUT2D eigenvalue weighted by molar-refractivity contribution is 0.523. The molecule has 76 valence electrons. The maximum Gasteiger partial charge on any atom is 0.105 e. The Kier molecular flexibility index (Phi) is 4.14. The average Bonchev–Trinajstić information content (AvgIpc) is 2.59. The van der Waals surface area contributed by atoms with Gasteiger partial charge in [-0.05, 0) is 19.9 Å². The third-order valence-electron chi connectivity index (χ3n) is 2.19. The highest BCUT2D eigenvalue weighted by molar-refractivity contribution is 4.92. The maximum atomic E-state index is 8.82. The third-order valence-corrected chi connectivity index (χ3v) is 2.19. The summed E-state index contributed by atoms with van der Waals surface area (Å²) >= 11 is 0. The number of hydrogen-bond acceptors (Lipinski definition) is 3. The van der Waals surface area contributed by atoms with Crippen LogP contribution in [0.15, 0.2) is 12.4 Å². The van der Waals surface area contributed by atoms with Gasteiger partial charge in [0.15, 0.2) is 0 Å². The molecule has 0 amide bonds. The van der Waals surface area contributed by atoms with Crippen LogP contribution in [0, 0.1) is 18.3 Å². The van der Waals surface area contributed by atoms with Gasteiger partial charge in [-0.25, -0.2) is 4.98 Å². The quantitative estimate of drug-likeness (QED) is 0.759. The minimum absolute atomic E-state index is 0.0539. The summed E-state index contributed by atoms with van der Waals surface area (Å²) in [6.07, 6.45) is 4.54. The predicted molar refractivity (Wildman–Crippen MR) is 54.7 cm³/mol. The van der Waals surface area contributed by atoms with Crippen molar-refractivity contribution in [2.45, 2.75) is 32.9 Å². The van der Waals surface area contributed by atoms with Crippen molar-refractivity contribution >= 4 is 0 Å². The molecule has 0 aliphatic carbocycles. The van der Waals surface area contributed by atoms with Crippen LogP contribution in [-0.4, -0.2) is 22.1 Å². The van der Waals surface area contributed by atoms with Crippen molar-refractivity contribution < 1.29 is 0 Å². The molecule has 0 fully saturated rings. The van der Waals surface area contributed by atoms with Crippen molar-refractivity contribution in [2.75, 3.05) is 6.54 Å². The van der Waals surface area contributed by atoms with Gasteiger partial charge in [0, 0.05) is 18.9 Å². The molecule has 1 heterocycles. The molecule has 0 aromatic carbocycles.